The maximum atomic E-state index is 14.9. The van der Waals surface area contributed by atoms with Gasteiger partial charge in [0.15, 0.2) is 5.78 Å². The van der Waals surface area contributed by atoms with Gasteiger partial charge in [-0.15, -0.1) is 0 Å². The zero-order valence-electron chi connectivity index (χ0n) is 28.0. The Kier molecular flexibility index (Phi) is 9.38. The van der Waals surface area contributed by atoms with Gasteiger partial charge in [-0.1, -0.05) is 0 Å². The van der Waals surface area contributed by atoms with E-state index in [0.29, 0.717) is 18.8 Å². The predicted molar refractivity (Wildman–Crippen MR) is 181 cm³/mol. The molecule has 262 valence electrons. The van der Waals surface area contributed by atoms with E-state index in [1.165, 1.54) is 36.4 Å². The van der Waals surface area contributed by atoms with E-state index in [9.17, 15) is 18.4 Å². The highest BCUT2D eigenvalue weighted by molar-refractivity contribution is 5.97. The van der Waals surface area contributed by atoms with E-state index in [1.54, 1.807) is 16.7 Å². The van der Waals surface area contributed by atoms with Crippen molar-refractivity contribution in [1.82, 2.24) is 19.7 Å². The first kappa shape index (κ1) is 33.4. The standard InChI is InChI=1S/C36H39F2N7O5/c1-25(26(2)46)44-17-18-45(35(44)47)30-6-4-28(5-7-30)41-13-15-42(16-14-41)29-8-10-31(11-9-29)48-20-32-21-49-36(50-32,22-43-24-39-23-40-43)33-12-3-27(37)19-34(33)38/h3-12,19,23-25,32H,13-18,20-22H2,1-2H3. The molecule has 14 heteroatoms. The zero-order valence-corrected chi connectivity index (χ0v) is 28.0. The molecule has 2 amide bonds. The normalized spacial score (nSPS) is 21.6. The number of Topliss-reactive ketones (excluding diaryl/α,β-unsaturated/α-hetero) is 1. The number of piperazine rings is 1. The lowest BCUT2D eigenvalue weighted by molar-refractivity contribution is -0.192. The Hall–Kier alpha value is -5.08. The van der Waals surface area contributed by atoms with Crippen molar-refractivity contribution >= 4 is 28.9 Å². The second kappa shape index (κ2) is 14.0. The molecule has 0 radical (unpaired) electrons. The summed E-state index contributed by atoms with van der Waals surface area (Å²) in [6.45, 7) is 8.08. The summed E-state index contributed by atoms with van der Waals surface area (Å²) in [7, 11) is 0. The van der Waals surface area contributed by atoms with Crippen LogP contribution < -0.4 is 19.4 Å². The molecule has 3 saturated heterocycles. The van der Waals surface area contributed by atoms with Crippen LogP contribution in [-0.4, -0.2) is 96.1 Å². The van der Waals surface area contributed by atoms with Crippen molar-refractivity contribution in [3.63, 3.8) is 0 Å². The topological polar surface area (TPSA) is 106 Å². The maximum Gasteiger partial charge on any atom is 0.325 e. The van der Waals surface area contributed by atoms with E-state index in [0.717, 1.165) is 49.3 Å². The summed E-state index contributed by atoms with van der Waals surface area (Å²) < 4.78 is 48.3. The van der Waals surface area contributed by atoms with Gasteiger partial charge >= 0.3 is 6.03 Å². The molecule has 3 unspecified atom stereocenters. The average Bonchev–Trinajstić information content (AvgIpc) is 3.88. The fourth-order valence-electron chi connectivity index (χ4n) is 6.66. The summed E-state index contributed by atoms with van der Waals surface area (Å²) in [6, 6.07) is 18.7. The van der Waals surface area contributed by atoms with E-state index in [2.05, 4.69) is 32.0 Å². The Morgan fingerprint density at radius 2 is 1.60 bits per heavy atom. The summed E-state index contributed by atoms with van der Waals surface area (Å²) in [6.07, 6.45) is 2.33. The number of ether oxygens (including phenoxy) is 3. The number of anilines is 3. The van der Waals surface area contributed by atoms with Gasteiger partial charge in [0.25, 0.3) is 0 Å². The van der Waals surface area contributed by atoms with Crippen molar-refractivity contribution in [3.05, 3.63) is 96.6 Å². The summed E-state index contributed by atoms with van der Waals surface area (Å²) >= 11 is 0. The number of nitrogens with zero attached hydrogens (tertiary/aromatic N) is 7. The Bertz CT molecular complexity index is 1800. The molecule has 50 heavy (non-hydrogen) atoms. The van der Waals surface area contributed by atoms with Crippen molar-refractivity contribution in [3.8, 4) is 5.75 Å². The minimum atomic E-state index is -1.52. The maximum absolute atomic E-state index is 14.9. The molecule has 4 heterocycles. The van der Waals surface area contributed by atoms with Gasteiger partial charge in [-0.2, -0.15) is 5.10 Å². The van der Waals surface area contributed by atoms with Crippen LogP contribution in [0.2, 0.25) is 0 Å². The lowest BCUT2D eigenvalue weighted by Crippen LogP contribution is -2.46. The van der Waals surface area contributed by atoms with Crippen LogP contribution in [0.25, 0.3) is 0 Å². The highest BCUT2D eigenvalue weighted by Crippen LogP contribution is 2.38. The number of benzene rings is 3. The van der Waals surface area contributed by atoms with Gasteiger partial charge in [-0.25, -0.2) is 23.2 Å². The number of carbonyl (C=O) groups is 2. The van der Waals surface area contributed by atoms with Crippen molar-refractivity contribution in [2.75, 3.05) is 67.2 Å². The van der Waals surface area contributed by atoms with E-state index in [-0.39, 0.29) is 37.1 Å². The van der Waals surface area contributed by atoms with Gasteiger partial charge in [0.2, 0.25) is 5.79 Å². The molecule has 3 aliphatic heterocycles. The van der Waals surface area contributed by atoms with E-state index in [4.69, 9.17) is 14.2 Å². The van der Waals surface area contributed by atoms with Crippen LogP contribution in [0.3, 0.4) is 0 Å². The number of hydrogen-bond acceptors (Lipinski definition) is 9. The SMILES string of the molecule is CC(=O)C(C)N1CCN(c2ccc(N3CCN(c4ccc(OCC5COC(Cn6cncn6)(c6ccc(F)cc6F)O5)cc4)CC3)cc2)C1=O. The number of hydrogen-bond donors (Lipinski definition) is 0. The van der Waals surface area contributed by atoms with Crippen LogP contribution in [0.15, 0.2) is 79.4 Å². The first-order valence-electron chi connectivity index (χ1n) is 16.7. The third-order valence-corrected chi connectivity index (χ3v) is 9.58. The molecule has 7 rings (SSSR count). The number of carbonyl (C=O) groups excluding carboxylic acids is 2. The van der Waals surface area contributed by atoms with Crippen molar-refractivity contribution < 1.29 is 32.6 Å². The minimum Gasteiger partial charge on any atom is -0.491 e. The van der Waals surface area contributed by atoms with Crippen LogP contribution in [0, 0.1) is 11.6 Å². The van der Waals surface area contributed by atoms with Crippen LogP contribution >= 0.6 is 0 Å². The molecule has 0 N–H and O–H groups in total. The van der Waals surface area contributed by atoms with E-state index < -0.39 is 29.6 Å². The van der Waals surface area contributed by atoms with Crippen LogP contribution in [0.4, 0.5) is 30.6 Å². The number of rotatable bonds is 11. The Balaban J connectivity index is 0.908. The molecule has 1 aromatic heterocycles. The molecule has 3 aliphatic rings. The monoisotopic (exact) mass is 687 g/mol. The Labute approximate surface area is 288 Å². The molecule has 3 atom stereocenters. The average molecular weight is 688 g/mol. The Morgan fingerprint density at radius 1 is 0.940 bits per heavy atom. The number of ketones is 1. The third kappa shape index (κ3) is 6.85. The molecule has 0 aliphatic carbocycles. The molecule has 0 bridgehead atoms. The van der Waals surface area contributed by atoms with Gasteiger partial charge < -0.3 is 28.9 Å². The first-order valence-corrected chi connectivity index (χ1v) is 16.7. The smallest absolute Gasteiger partial charge is 0.325 e. The molecule has 12 nitrogen and oxygen atoms in total. The largest absolute Gasteiger partial charge is 0.491 e. The van der Waals surface area contributed by atoms with Crippen molar-refractivity contribution in [2.24, 2.45) is 0 Å². The Morgan fingerprint density at radius 3 is 2.22 bits per heavy atom. The van der Waals surface area contributed by atoms with Crippen molar-refractivity contribution in [1.29, 1.82) is 0 Å². The van der Waals surface area contributed by atoms with Crippen molar-refractivity contribution in [2.45, 2.75) is 38.3 Å². The lowest BCUT2D eigenvalue weighted by Gasteiger charge is -2.37. The third-order valence-electron chi connectivity index (χ3n) is 9.58. The highest BCUT2D eigenvalue weighted by atomic mass is 19.1. The van der Waals surface area contributed by atoms with Gasteiger partial charge in [0, 0.05) is 68.0 Å². The highest BCUT2D eigenvalue weighted by Gasteiger charge is 2.46. The molecule has 4 aromatic rings. The molecule has 0 spiro atoms. The molecular formula is C36H39F2N7O5. The van der Waals surface area contributed by atoms with Gasteiger partial charge in [-0.05, 0) is 74.5 Å². The minimum absolute atomic E-state index is 0.0171. The quantitative estimate of drug-likeness (QED) is 0.226. The summed E-state index contributed by atoms with van der Waals surface area (Å²) in [5, 5.41) is 4.10. The van der Waals surface area contributed by atoms with Crippen LogP contribution in [-0.2, 0) is 26.6 Å². The second-order valence-corrected chi connectivity index (χ2v) is 12.7. The number of halogens is 2. The fourth-order valence-corrected chi connectivity index (χ4v) is 6.66. The van der Waals surface area contributed by atoms with Gasteiger partial charge in [0.05, 0.1) is 12.6 Å². The number of amides is 2. The first-order chi connectivity index (χ1) is 24.2. The zero-order chi connectivity index (χ0) is 34.8. The predicted octanol–water partition coefficient (Wildman–Crippen LogP) is 4.45. The van der Waals surface area contributed by atoms with Gasteiger partial charge in [-0.3, -0.25) is 9.69 Å². The van der Waals surface area contributed by atoms with Crippen LogP contribution in [0.5, 0.6) is 5.75 Å². The van der Waals surface area contributed by atoms with Gasteiger partial charge in [0.1, 0.15) is 49.3 Å². The molecular weight excluding hydrogens is 648 g/mol. The fraction of sp³-hybridized carbons (Fsp3) is 0.389. The molecule has 0 saturated carbocycles. The second-order valence-electron chi connectivity index (χ2n) is 12.7. The number of urea groups is 1. The summed E-state index contributed by atoms with van der Waals surface area (Å²) in [5.74, 6) is -2.34. The van der Waals surface area contributed by atoms with E-state index >= 15 is 0 Å². The van der Waals surface area contributed by atoms with Crippen LogP contribution in [0.1, 0.15) is 19.4 Å². The number of aromatic nitrogens is 3. The molecule has 3 fully saturated rings. The lowest BCUT2D eigenvalue weighted by atomic mass is 10.0. The summed E-state index contributed by atoms with van der Waals surface area (Å²) in [4.78, 5) is 36.7. The summed E-state index contributed by atoms with van der Waals surface area (Å²) in [5.41, 5.74) is 3.09. The molecule has 3 aromatic carbocycles. The van der Waals surface area contributed by atoms with E-state index in [1.807, 2.05) is 36.4 Å².